The lowest BCUT2D eigenvalue weighted by atomic mass is 10.2. The average Bonchev–Trinajstić information content (AvgIpc) is 3.20. The summed E-state index contributed by atoms with van der Waals surface area (Å²) in [5.74, 6) is 0. The zero-order valence-electron chi connectivity index (χ0n) is 12.4. The third kappa shape index (κ3) is 3.90. The first-order chi connectivity index (χ1) is 9.74. The summed E-state index contributed by atoms with van der Waals surface area (Å²) >= 11 is 12.2. The van der Waals surface area contributed by atoms with Gasteiger partial charge in [-0.1, -0.05) is 23.2 Å². The first-order valence-corrected chi connectivity index (χ1v) is 9.13. The molecule has 0 bridgehead atoms. The van der Waals surface area contributed by atoms with Gasteiger partial charge < -0.3 is 4.90 Å². The molecule has 1 aliphatic rings. The maximum atomic E-state index is 12.5. The van der Waals surface area contributed by atoms with Crippen molar-refractivity contribution in [3.63, 3.8) is 0 Å². The van der Waals surface area contributed by atoms with E-state index in [1.807, 2.05) is 7.05 Å². The molecule has 2 rings (SSSR count). The fourth-order valence-corrected chi connectivity index (χ4v) is 4.49. The number of benzene rings is 1. The number of sulfonamides is 1. The van der Waals surface area contributed by atoms with E-state index in [4.69, 9.17) is 23.2 Å². The van der Waals surface area contributed by atoms with E-state index in [1.54, 1.807) is 19.9 Å². The molecule has 0 saturated heterocycles. The minimum Gasteiger partial charge on any atom is -0.302 e. The summed E-state index contributed by atoms with van der Waals surface area (Å²) in [5, 5.41) is 0.646. The van der Waals surface area contributed by atoms with E-state index in [0.717, 1.165) is 0 Å². The van der Waals surface area contributed by atoms with Crippen LogP contribution in [0.1, 0.15) is 24.0 Å². The minimum atomic E-state index is -3.66. The van der Waals surface area contributed by atoms with Crippen LogP contribution in [0, 0.1) is 13.8 Å². The standard InChI is InChI=1S/C14H20Cl2N2O2S/c1-9-8-12(15)10(2)14(13(9)16)21(19,20)17-6-7-18(3)11-4-5-11/h8,11,17H,4-7H2,1-3H3. The van der Waals surface area contributed by atoms with Crippen LogP contribution in [-0.4, -0.2) is 39.5 Å². The molecule has 0 unspecified atom stereocenters. The van der Waals surface area contributed by atoms with Crippen LogP contribution in [0.4, 0.5) is 0 Å². The van der Waals surface area contributed by atoms with Crippen LogP contribution in [0.2, 0.25) is 10.0 Å². The molecule has 0 atom stereocenters. The fourth-order valence-electron chi connectivity index (χ4n) is 2.26. The molecule has 1 aromatic rings. The van der Waals surface area contributed by atoms with Crippen LogP contribution in [0.25, 0.3) is 0 Å². The van der Waals surface area contributed by atoms with Crippen LogP contribution in [0.15, 0.2) is 11.0 Å². The summed E-state index contributed by atoms with van der Waals surface area (Å²) in [5.41, 5.74) is 1.14. The van der Waals surface area contributed by atoms with Crippen molar-refractivity contribution in [2.45, 2.75) is 37.6 Å². The Kier molecular flexibility index (Phi) is 5.21. The molecule has 1 aliphatic carbocycles. The summed E-state index contributed by atoms with van der Waals surface area (Å²) < 4.78 is 27.6. The second-order valence-corrected chi connectivity index (χ2v) is 8.04. The molecule has 1 fully saturated rings. The Morgan fingerprint density at radius 1 is 1.33 bits per heavy atom. The fraction of sp³-hybridized carbons (Fsp3) is 0.571. The summed E-state index contributed by atoms with van der Waals surface area (Å²) in [4.78, 5) is 2.25. The Hall–Kier alpha value is -0.330. The SMILES string of the molecule is Cc1cc(Cl)c(C)c(S(=O)(=O)NCCN(C)C2CC2)c1Cl. The molecule has 21 heavy (non-hydrogen) atoms. The van der Waals surface area contributed by atoms with E-state index in [-0.39, 0.29) is 9.92 Å². The van der Waals surface area contributed by atoms with E-state index in [9.17, 15) is 8.42 Å². The van der Waals surface area contributed by atoms with E-state index < -0.39 is 10.0 Å². The lowest BCUT2D eigenvalue weighted by Gasteiger charge is -2.17. The third-order valence-electron chi connectivity index (χ3n) is 3.78. The highest BCUT2D eigenvalue weighted by atomic mass is 35.5. The molecule has 0 radical (unpaired) electrons. The van der Waals surface area contributed by atoms with Gasteiger partial charge in [-0.15, -0.1) is 0 Å². The van der Waals surface area contributed by atoms with Crippen molar-refractivity contribution < 1.29 is 8.42 Å². The van der Waals surface area contributed by atoms with Gasteiger partial charge in [0.25, 0.3) is 0 Å². The highest BCUT2D eigenvalue weighted by Crippen LogP contribution is 2.33. The van der Waals surface area contributed by atoms with Gasteiger partial charge >= 0.3 is 0 Å². The van der Waals surface area contributed by atoms with E-state index >= 15 is 0 Å². The predicted molar refractivity (Wildman–Crippen MR) is 86.8 cm³/mol. The van der Waals surface area contributed by atoms with Gasteiger partial charge in [0.1, 0.15) is 4.90 Å². The number of hydrogen-bond acceptors (Lipinski definition) is 3. The number of likely N-dealkylation sites (N-methyl/N-ethyl adjacent to an activating group) is 1. The Labute approximate surface area is 136 Å². The molecule has 118 valence electrons. The number of halogens is 2. The largest absolute Gasteiger partial charge is 0.302 e. The Bertz CT molecular complexity index is 617. The maximum Gasteiger partial charge on any atom is 0.242 e. The normalized spacial score (nSPS) is 15.7. The van der Waals surface area contributed by atoms with Crippen molar-refractivity contribution in [1.82, 2.24) is 9.62 Å². The molecule has 0 aromatic heterocycles. The number of rotatable bonds is 6. The molecular weight excluding hydrogens is 331 g/mol. The van der Waals surface area contributed by atoms with E-state index in [0.29, 0.717) is 35.3 Å². The zero-order valence-corrected chi connectivity index (χ0v) is 14.7. The summed E-state index contributed by atoms with van der Waals surface area (Å²) in [6.45, 7) is 4.45. The zero-order chi connectivity index (χ0) is 15.8. The minimum absolute atomic E-state index is 0.0863. The van der Waals surface area contributed by atoms with Gasteiger partial charge in [-0.25, -0.2) is 13.1 Å². The molecule has 0 spiro atoms. The van der Waals surface area contributed by atoms with E-state index in [1.165, 1.54) is 12.8 Å². The molecule has 0 aliphatic heterocycles. The van der Waals surface area contributed by atoms with Crippen molar-refractivity contribution in [3.8, 4) is 0 Å². The van der Waals surface area contributed by atoms with Crippen molar-refractivity contribution in [1.29, 1.82) is 0 Å². The molecule has 4 nitrogen and oxygen atoms in total. The van der Waals surface area contributed by atoms with Crippen LogP contribution in [-0.2, 0) is 10.0 Å². The van der Waals surface area contributed by atoms with Gasteiger partial charge in [-0.2, -0.15) is 0 Å². The van der Waals surface area contributed by atoms with Crippen LogP contribution in [0.3, 0.4) is 0 Å². The molecule has 7 heteroatoms. The molecule has 1 N–H and O–H groups in total. The lowest BCUT2D eigenvalue weighted by molar-refractivity contribution is 0.329. The molecule has 1 aromatic carbocycles. The van der Waals surface area contributed by atoms with Crippen LogP contribution in [0.5, 0.6) is 0 Å². The molecule has 0 amide bonds. The Morgan fingerprint density at radius 2 is 1.95 bits per heavy atom. The summed E-state index contributed by atoms with van der Waals surface area (Å²) in [6, 6.07) is 2.28. The number of nitrogens with zero attached hydrogens (tertiary/aromatic N) is 1. The van der Waals surface area contributed by atoms with Gasteiger partial charge in [-0.3, -0.25) is 0 Å². The van der Waals surface area contributed by atoms with Crippen LogP contribution >= 0.6 is 23.2 Å². The highest BCUT2D eigenvalue weighted by Gasteiger charge is 2.27. The van der Waals surface area contributed by atoms with Gasteiger partial charge in [0.2, 0.25) is 10.0 Å². The molecule has 0 heterocycles. The monoisotopic (exact) mass is 350 g/mol. The van der Waals surface area contributed by atoms with Crippen molar-refractivity contribution in [2.75, 3.05) is 20.1 Å². The number of aryl methyl sites for hydroxylation is 1. The second-order valence-electron chi connectivity index (χ2n) is 5.55. The Balaban J connectivity index is 2.15. The second kappa shape index (κ2) is 6.42. The van der Waals surface area contributed by atoms with Crippen LogP contribution < -0.4 is 4.72 Å². The summed E-state index contributed by atoms with van der Waals surface area (Å²) in [6.07, 6.45) is 2.39. The van der Waals surface area contributed by atoms with Gasteiger partial charge in [0.05, 0.1) is 5.02 Å². The molecule has 1 saturated carbocycles. The third-order valence-corrected chi connectivity index (χ3v) is 6.41. The molecular formula is C14H20Cl2N2O2S. The van der Waals surface area contributed by atoms with Gasteiger partial charge in [0.15, 0.2) is 0 Å². The predicted octanol–water partition coefficient (Wildman–Crippen LogP) is 2.98. The first-order valence-electron chi connectivity index (χ1n) is 6.89. The number of nitrogens with one attached hydrogen (secondary N) is 1. The highest BCUT2D eigenvalue weighted by molar-refractivity contribution is 7.89. The number of hydrogen-bond donors (Lipinski definition) is 1. The van der Waals surface area contributed by atoms with Gasteiger partial charge in [-0.05, 0) is 50.9 Å². The van der Waals surface area contributed by atoms with Crippen molar-refractivity contribution in [2.24, 2.45) is 0 Å². The smallest absolute Gasteiger partial charge is 0.242 e. The topological polar surface area (TPSA) is 49.4 Å². The average molecular weight is 351 g/mol. The maximum absolute atomic E-state index is 12.5. The van der Waals surface area contributed by atoms with Crippen molar-refractivity contribution in [3.05, 3.63) is 27.2 Å². The Morgan fingerprint density at radius 3 is 2.52 bits per heavy atom. The lowest BCUT2D eigenvalue weighted by Crippen LogP contribution is -2.34. The van der Waals surface area contributed by atoms with E-state index in [2.05, 4.69) is 9.62 Å². The first kappa shape index (κ1) is 17.0. The van der Waals surface area contributed by atoms with Crippen molar-refractivity contribution >= 4 is 33.2 Å². The quantitative estimate of drug-likeness (QED) is 0.857. The summed E-state index contributed by atoms with van der Waals surface area (Å²) in [7, 11) is -1.65. The van der Waals surface area contributed by atoms with Gasteiger partial charge in [0, 0.05) is 24.2 Å².